The van der Waals surface area contributed by atoms with Gasteiger partial charge in [-0.3, -0.25) is 0 Å². The molecule has 0 amide bonds. The van der Waals surface area contributed by atoms with Gasteiger partial charge < -0.3 is 5.11 Å². The molecule has 0 bridgehead atoms. The normalized spacial score (nSPS) is 18.6. The monoisotopic (exact) mass is 218 g/mol. The van der Waals surface area contributed by atoms with Crippen LogP contribution in [0, 0.1) is 6.92 Å². The number of benzene rings is 1. The summed E-state index contributed by atoms with van der Waals surface area (Å²) in [6.07, 6.45) is 2.27. The van der Waals surface area contributed by atoms with E-state index in [2.05, 4.69) is 45.9 Å². The van der Waals surface area contributed by atoms with Crippen LogP contribution in [0.25, 0.3) is 0 Å². The predicted molar refractivity (Wildman–Crippen MR) is 67.9 cm³/mol. The molecule has 0 heterocycles. The molecular weight excluding hydrogens is 196 g/mol. The molecule has 0 unspecified atom stereocenters. The van der Waals surface area contributed by atoms with Gasteiger partial charge in [0.2, 0.25) is 0 Å². The van der Waals surface area contributed by atoms with Gasteiger partial charge in [-0.05, 0) is 41.9 Å². The van der Waals surface area contributed by atoms with E-state index in [-0.39, 0.29) is 10.8 Å². The average molecular weight is 218 g/mol. The predicted octanol–water partition coefficient (Wildman–Crippen LogP) is 3.32. The van der Waals surface area contributed by atoms with Crippen LogP contribution in [0.4, 0.5) is 0 Å². The van der Waals surface area contributed by atoms with Gasteiger partial charge >= 0.3 is 0 Å². The quantitative estimate of drug-likeness (QED) is 0.807. The lowest BCUT2D eigenvalue weighted by Gasteiger charge is -2.23. The molecule has 1 N–H and O–H groups in total. The zero-order valence-corrected chi connectivity index (χ0v) is 10.8. The van der Waals surface area contributed by atoms with Crippen LogP contribution in [-0.4, -0.2) is 11.7 Å². The van der Waals surface area contributed by atoms with Crippen molar-refractivity contribution in [2.75, 3.05) is 6.61 Å². The number of hydrogen-bond donors (Lipinski definition) is 1. The van der Waals surface area contributed by atoms with Gasteiger partial charge in [-0.15, -0.1) is 0 Å². The maximum absolute atomic E-state index is 9.53. The van der Waals surface area contributed by atoms with Gasteiger partial charge in [-0.1, -0.05) is 39.0 Å². The zero-order chi connectivity index (χ0) is 12.0. The highest BCUT2D eigenvalue weighted by Gasteiger charge is 2.44. The molecule has 0 atom stereocenters. The van der Waals surface area contributed by atoms with E-state index < -0.39 is 0 Å². The van der Waals surface area contributed by atoms with Crippen molar-refractivity contribution in [1.29, 1.82) is 0 Å². The number of aliphatic hydroxyl groups excluding tert-OH is 1. The van der Waals surface area contributed by atoms with Gasteiger partial charge in [-0.2, -0.15) is 0 Å². The second-order valence-corrected chi connectivity index (χ2v) is 6.22. The summed E-state index contributed by atoms with van der Waals surface area (Å²) in [6, 6.07) is 6.72. The Hall–Kier alpha value is -0.820. The molecule has 0 spiro atoms. The summed E-state index contributed by atoms with van der Waals surface area (Å²) in [7, 11) is 0. The highest BCUT2D eigenvalue weighted by Crippen LogP contribution is 2.49. The van der Waals surface area contributed by atoms with Gasteiger partial charge in [0.15, 0.2) is 0 Å². The van der Waals surface area contributed by atoms with E-state index in [1.807, 2.05) is 0 Å². The Kier molecular flexibility index (Phi) is 2.62. The Balaban J connectivity index is 2.46. The van der Waals surface area contributed by atoms with E-state index in [0.717, 1.165) is 12.8 Å². The number of hydrogen-bond acceptors (Lipinski definition) is 1. The van der Waals surface area contributed by atoms with Crippen LogP contribution in [0.2, 0.25) is 0 Å². The first-order valence-electron chi connectivity index (χ1n) is 6.11. The largest absolute Gasteiger partial charge is 0.395 e. The van der Waals surface area contributed by atoms with Crippen molar-refractivity contribution >= 4 is 0 Å². The molecule has 2 rings (SSSR count). The molecule has 1 aliphatic carbocycles. The maximum atomic E-state index is 9.53. The van der Waals surface area contributed by atoms with Crippen molar-refractivity contribution in [1.82, 2.24) is 0 Å². The van der Waals surface area contributed by atoms with Crippen molar-refractivity contribution in [2.45, 2.75) is 51.4 Å². The summed E-state index contributed by atoms with van der Waals surface area (Å²) in [5.41, 5.74) is 4.33. The molecule has 1 aromatic rings. The van der Waals surface area contributed by atoms with Crippen LogP contribution >= 0.6 is 0 Å². The summed E-state index contributed by atoms with van der Waals surface area (Å²) in [4.78, 5) is 0. The minimum Gasteiger partial charge on any atom is -0.395 e. The second kappa shape index (κ2) is 3.59. The standard InChI is InChI=1S/C15H22O/c1-11-5-6-12(14(2,3)4)9-13(11)15(10-16)7-8-15/h5-6,9,16H,7-8,10H2,1-4H3. The van der Waals surface area contributed by atoms with Gasteiger partial charge in [0.05, 0.1) is 6.61 Å². The molecule has 1 aromatic carbocycles. The molecule has 88 valence electrons. The number of rotatable bonds is 2. The van der Waals surface area contributed by atoms with E-state index in [0.29, 0.717) is 6.61 Å². The minimum atomic E-state index is 0.0886. The molecule has 0 aliphatic heterocycles. The van der Waals surface area contributed by atoms with Crippen LogP contribution < -0.4 is 0 Å². The summed E-state index contributed by atoms with van der Waals surface area (Å²) in [5, 5.41) is 9.53. The zero-order valence-electron chi connectivity index (χ0n) is 10.8. The Morgan fingerprint density at radius 1 is 1.25 bits per heavy atom. The highest BCUT2D eigenvalue weighted by atomic mass is 16.3. The molecular formula is C15H22O. The van der Waals surface area contributed by atoms with Crippen molar-refractivity contribution in [3.63, 3.8) is 0 Å². The minimum absolute atomic E-state index is 0.0886. The number of aryl methyl sites for hydroxylation is 1. The van der Waals surface area contributed by atoms with Crippen LogP contribution in [0.5, 0.6) is 0 Å². The van der Waals surface area contributed by atoms with Crippen molar-refractivity contribution < 1.29 is 5.11 Å². The molecule has 1 fully saturated rings. The summed E-state index contributed by atoms with van der Waals surface area (Å²) < 4.78 is 0. The lowest BCUT2D eigenvalue weighted by molar-refractivity contribution is 0.254. The molecule has 1 aliphatic rings. The molecule has 16 heavy (non-hydrogen) atoms. The van der Waals surface area contributed by atoms with E-state index in [1.165, 1.54) is 16.7 Å². The average Bonchev–Trinajstić information content (AvgIpc) is 2.97. The molecule has 1 nitrogen and oxygen atoms in total. The lowest BCUT2D eigenvalue weighted by Crippen LogP contribution is -2.17. The highest BCUT2D eigenvalue weighted by molar-refractivity contribution is 5.42. The van der Waals surface area contributed by atoms with E-state index in [4.69, 9.17) is 0 Å². The van der Waals surface area contributed by atoms with Gasteiger partial charge in [-0.25, -0.2) is 0 Å². The first kappa shape index (κ1) is 11.7. The third-order valence-corrected chi connectivity index (χ3v) is 3.83. The molecule has 0 aromatic heterocycles. The van der Waals surface area contributed by atoms with Crippen LogP contribution in [0.3, 0.4) is 0 Å². The van der Waals surface area contributed by atoms with Gasteiger partial charge in [0.1, 0.15) is 0 Å². The van der Waals surface area contributed by atoms with E-state index in [9.17, 15) is 5.11 Å². The van der Waals surface area contributed by atoms with Gasteiger partial charge in [0.25, 0.3) is 0 Å². The molecule has 1 heteroatoms. The van der Waals surface area contributed by atoms with Crippen molar-refractivity contribution in [2.24, 2.45) is 0 Å². The van der Waals surface area contributed by atoms with Crippen LogP contribution in [0.1, 0.15) is 50.3 Å². The SMILES string of the molecule is Cc1ccc(C(C)(C)C)cc1C1(CO)CC1. The first-order chi connectivity index (χ1) is 7.39. The van der Waals surface area contributed by atoms with E-state index in [1.54, 1.807) is 0 Å². The number of aliphatic hydroxyl groups is 1. The fourth-order valence-corrected chi connectivity index (χ4v) is 2.32. The summed E-state index contributed by atoms with van der Waals surface area (Å²) in [5.74, 6) is 0. The van der Waals surface area contributed by atoms with Crippen LogP contribution in [-0.2, 0) is 10.8 Å². The lowest BCUT2D eigenvalue weighted by atomic mass is 9.82. The van der Waals surface area contributed by atoms with Gasteiger partial charge in [0, 0.05) is 5.41 Å². The maximum Gasteiger partial charge on any atom is 0.0528 e. The Bertz CT molecular complexity index is 394. The molecule has 0 saturated heterocycles. The molecule has 0 radical (unpaired) electrons. The molecule has 1 saturated carbocycles. The van der Waals surface area contributed by atoms with Crippen LogP contribution in [0.15, 0.2) is 18.2 Å². The first-order valence-corrected chi connectivity index (χ1v) is 6.11. The fourth-order valence-electron chi connectivity index (χ4n) is 2.32. The summed E-state index contributed by atoms with van der Waals surface area (Å²) in [6.45, 7) is 9.15. The van der Waals surface area contributed by atoms with Crippen molar-refractivity contribution in [3.8, 4) is 0 Å². The Morgan fingerprint density at radius 3 is 2.31 bits per heavy atom. The van der Waals surface area contributed by atoms with E-state index >= 15 is 0 Å². The second-order valence-electron chi connectivity index (χ2n) is 6.22. The fraction of sp³-hybridized carbons (Fsp3) is 0.600. The summed E-state index contributed by atoms with van der Waals surface area (Å²) >= 11 is 0. The van der Waals surface area contributed by atoms with Crippen molar-refractivity contribution in [3.05, 3.63) is 34.9 Å². The topological polar surface area (TPSA) is 20.2 Å². The Morgan fingerprint density at radius 2 is 1.88 bits per heavy atom. The smallest absolute Gasteiger partial charge is 0.0528 e. The third-order valence-electron chi connectivity index (χ3n) is 3.83. The third kappa shape index (κ3) is 1.89. The Labute approximate surface area is 98.5 Å².